The molecule has 4 heteroatoms. The molecule has 2 aromatic heterocycles. The maximum atomic E-state index is 3.93. The van der Waals surface area contributed by atoms with Crippen molar-refractivity contribution in [3.63, 3.8) is 0 Å². The molecule has 2 aromatic rings. The van der Waals surface area contributed by atoms with E-state index < -0.39 is 0 Å². The van der Waals surface area contributed by atoms with Crippen LogP contribution in [0.2, 0.25) is 0 Å². The van der Waals surface area contributed by atoms with Gasteiger partial charge in [0.1, 0.15) is 0 Å². The van der Waals surface area contributed by atoms with Gasteiger partial charge in [0.15, 0.2) is 0 Å². The summed E-state index contributed by atoms with van der Waals surface area (Å²) >= 11 is 0. The molecule has 0 spiro atoms. The molecule has 40 valence electrons. The van der Waals surface area contributed by atoms with Gasteiger partial charge in [-0.2, -0.15) is 0 Å². The van der Waals surface area contributed by atoms with Gasteiger partial charge in [-0.3, -0.25) is 0 Å². The van der Waals surface area contributed by atoms with Gasteiger partial charge in [0, 0.05) is 5.78 Å². The number of imidazole rings is 2. The third-order valence-corrected chi connectivity index (χ3v) is 1.07. The molecule has 0 bridgehead atoms. The predicted octanol–water partition coefficient (Wildman–Crippen LogP) is 0.289. The largest absolute Gasteiger partial charge is 3.00 e. The summed E-state index contributed by atoms with van der Waals surface area (Å²) in [6.45, 7) is 0. The quantitative estimate of drug-likeness (QED) is 0.604. The molecule has 0 aliphatic rings. The summed E-state index contributed by atoms with van der Waals surface area (Å²) in [6, 6.07) is 0. The second-order valence-electron chi connectivity index (χ2n) is 1.56. The molecule has 0 saturated heterocycles. The van der Waals surface area contributed by atoms with Gasteiger partial charge in [-0.15, -0.1) is 0 Å². The Balaban J connectivity index is 0.000000405. The molecule has 0 aliphatic carbocycles. The minimum Gasteiger partial charge on any atom is -0.382 e. The first kappa shape index (κ1) is 6.97. The average molecular weight is 195 g/mol. The molecule has 2 rings (SSSR count). The van der Waals surface area contributed by atoms with E-state index in [0.717, 1.165) is 5.78 Å². The SMILES string of the molecule is [Y+3].c1cn2cc[n-]c2n1. The van der Waals surface area contributed by atoms with Crippen molar-refractivity contribution in [1.29, 1.82) is 0 Å². The number of nitrogens with zero attached hydrogens (tertiary/aromatic N) is 3. The second kappa shape index (κ2) is 2.63. The molecule has 0 aliphatic heterocycles. The molecule has 0 N–H and O–H groups in total. The van der Waals surface area contributed by atoms with Crippen LogP contribution in [-0.4, -0.2) is 9.38 Å². The first-order valence-corrected chi connectivity index (χ1v) is 2.37. The third-order valence-electron chi connectivity index (χ3n) is 1.07. The summed E-state index contributed by atoms with van der Waals surface area (Å²) in [5.41, 5.74) is 0. The molecule has 0 fully saturated rings. The van der Waals surface area contributed by atoms with Crippen molar-refractivity contribution >= 4 is 5.78 Å². The summed E-state index contributed by atoms with van der Waals surface area (Å²) in [4.78, 5) is 7.86. The molecule has 0 radical (unpaired) electrons. The number of aromatic nitrogens is 3. The summed E-state index contributed by atoms with van der Waals surface area (Å²) in [6.07, 6.45) is 7.18. The first-order chi connectivity index (χ1) is 3.97. The van der Waals surface area contributed by atoms with Crippen LogP contribution >= 0.6 is 0 Å². The minimum absolute atomic E-state index is 0. The summed E-state index contributed by atoms with van der Waals surface area (Å²) in [5, 5.41) is 0. The Morgan fingerprint density at radius 1 is 1.44 bits per heavy atom. The van der Waals surface area contributed by atoms with E-state index in [4.69, 9.17) is 0 Å². The van der Waals surface area contributed by atoms with Crippen molar-refractivity contribution in [2.24, 2.45) is 0 Å². The summed E-state index contributed by atoms with van der Waals surface area (Å²) in [7, 11) is 0. The van der Waals surface area contributed by atoms with Crippen LogP contribution in [-0.2, 0) is 32.7 Å². The molecule has 0 unspecified atom stereocenters. The molecule has 2 heterocycles. The molecule has 0 aromatic carbocycles. The monoisotopic (exact) mass is 195 g/mol. The fraction of sp³-hybridized carbons (Fsp3) is 0. The first-order valence-electron chi connectivity index (χ1n) is 2.37. The van der Waals surface area contributed by atoms with Gasteiger partial charge in [0.2, 0.25) is 0 Å². The standard InChI is InChI=1S/C5H4N3.Y/c1-3-8-4-2-7-5(8)6-1;/h1-4H;/q-1;+3. The van der Waals surface area contributed by atoms with Crippen LogP contribution in [0.15, 0.2) is 24.8 Å². The Morgan fingerprint density at radius 2 is 2.33 bits per heavy atom. The summed E-state index contributed by atoms with van der Waals surface area (Å²) in [5.74, 6) is 0.769. The third kappa shape index (κ3) is 1.07. The number of rotatable bonds is 0. The van der Waals surface area contributed by atoms with Gasteiger partial charge in [-0.1, -0.05) is 0 Å². The smallest absolute Gasteiger partial charge is 0.382 e. The van der Waals surface area contributed by atoms with Gasteiger partial charge < -0.3 is 14.4 Å². The van der Waals surface area contributed by atoms with E-state index in [1.165, 1.54) is 0 Å². The van der Waals surface area contributed by atoms with Crippen LogP contribution in [0.3, 0.4) is 0 Å². The van der Waals surface area contributed by atoms with Gasteiger partial charge >= 0.3 is 32.7 Å². The normalized spacial score (nSPS) is 9.33. The molecule has 0 atom stereocenters. The number of hydrogen-bond acceptors (Lipinski definition) is 1. The molecular formula is C5H4N3Y+2. The van der Waals surface area contributed by atoms with E-state index in [0.29, 0.717) is 0 Å². The number of hydrogen-bond donors (Lipinski definition) is 0. The maximum absolute atomic E-state index is 3.93. The molecule has 3 nitrogen and oxygen atoms in total. The molecular weight excluding hydrogens is 191 g/mol. The fourth-order valence-corrected chi connectivity index (χ4v) is 0.693. The van der Waals surface area contributed by atoms with E-state index in [9.17, 15) is 0 Å². The Morgan fingerprint density at radius 3 is 3.11 bits per heavy atom. The molecule has 9 heavy (non-hydrogen) atoms. The zero-order chi connectivity index (χ0) is 5.40. The zero-order valence-corrected chi connectivity index (χ0v) is 7.57. The van der Waals surface area contributed by atoms with Crippen LogP contribution in [0.1, 0.15) is 0 Å². The fourth-order valence-electron chi connectivity index (χ4n) is 0.693. The van der Waals surface area contributed by atoms with Gasteiger partial charge in [0.25, 0.3) is 0 Å². The van der Waals surface area contributed by atoms with Crippen LogP contribution in [0.4, 0.5) is 0 Å². The topological polar surface area (TPSA) is 31.4 Å². The molecule has 0 amide bonds. The van der Waals surface area contributed by atoms with Gasteiger partial charge in [-0.05, 0) is 24.8 Å². The van der Waals surface area contributed by atoms with E-state index in [2.05, 4.69) is 9.97 Å². The average Bonchev–Trinajstić information content (AvgIpc) is 2.15. The van der Waals surface area contributed by atoms with Gasteiger partial charge in [0.05, 0.1) is 0 Å². The maximum Gasteiger partial charge on any atom is 3.00 e. The van der Waals surface area contributed by atoms with E-state index in [1.54, 1.807) is 12.4 Å². The van der Waals surface area contributed by atoms with E-state index in [1.807, 2.05) is 16.8 Å². The Kier molecular flexibility index (Phi) is 2.03. The van der Waals surface area contributed by atoms with Crippen molar-refractivity contribution in [2.45, 2.75) is 0 Å². The van der Waals surface area contributed by atoms with Crippen LogP contribution < -0.4 is 4.98 Å². The Bertz CT molecular complexity index is 234. The van der Waals surface area contributed by atoms with Crippen molar-refractivity contribution in [3.8, 4) is 0 Å². The van der Waals surface area contributed by atoms with E-state index in [-0.39, 0.29) is 32.7 Å². The minimum atomic E-state index is 0. The second-order valence-corrected chi connectivity index (χ2v) is 1.56. The van der Waals surface area contributed by atoms with Crippen LogP contribution in [0, 0.1) is 0 Å². The van der Waals surface area contributed by atoms with Crippen molar-refractivity contribution in [3.05, 3.63) is 24.8 Å². The predicted molar refractivity (Wildman–Crippen MR) is 28.5 cm³/mol. The van der Waals surface area contributed by atoms with Crippen molar-refractivity contribution in [1.82, 2.24) is 14.4 Å². The Hall–Kier alpha value is -0.146. The Labute approximate surface area is 77.4 Å². The van der Waals surface area contributed by atoms with Gasteiger partial charge in [-0.25, -0.2) is 0 Å². The zero-order valence-electron chi connectivity index (χ0n) is 4.73. The van der Waals surface area contributed by atoms with Crippen molar-refractivity contribution < 1.29 is 32.7 Å². The number of fused-ring (bicyclic) bond motifs is 1. The van der Waals surface area contributed by atoms with E-state index >= 15 is 0 Å². The van der Waals surface area contributed by atoms with Crippen molar-refractivity contribution in [2.75, 3.05) is 0 Å². The van der Waals surface area contributed by atoms with Crippen LogP contribution in [0.5, 0.6) is 0 Å². The molecule has 0 saturated carbocycles. The van der Waals surface area contributed by atoms with Crippen LogP contribution in [0.25, 0.3) is 5.78 Å². The summed E-state index contributed by atoms with van der Waals surface area (Å²) < 4.78 is 1.86.